The number of carbonyl (C=O) groups is 2. The molecule has 0 unspecified atom stereocenters. The van der Waals surface area contributed by atoms with E-state index in [2.05, 4.69) is 0 Å². The lowest BCUT2D eigenvalue weighted by atomic mass is 9.99. The van der Waals surface area contributed by atoms with Crippen molar-refractivity contribution in [2.24, 2.45) is 0 Å². The average molecular weight is 374 g/mol. The number of benzene rings is 2. The molecule has 9 heteroatoms. The van der Waals surface area contributed by atoms with E-state index in [4.69, 9.17) is 0 Å². The van der Waals surface area contributed by atoms with E-state index in [0.29, 0.717) is 0 Å². The summed E-state index contributed by atoms with van der Waals surface area (Å²) in [6.07, 6.45) is 0. The minimum Gasteiger partial charge on any atom is -0.508 e. The summed E-state index contributed by atoms with van der Waals surface area (Å²) in [7, 11) is 0. The van der Waals surface area contributed by atoms with Gasteiger partial charge in [-0.1, -0.05) is 18.2 Å². The van der Waals surface area contributed by atoms with Crippen molar-refractivity contribution in [3.63, 3.8) is 0 Å². The number of hydrogen-bond acceptors (Lipinski definition) is 7. The summed E-state index contributed by atoms with van der Waals surface area (Å²) in [5.74, 6) is -7.29. The summed E-state index contributed by atoms with van der Waals surface area (Å²) in [5, 5.41) is 67.3. The van der Waals surface area contributed by atoms with Gasteiger partial charge < -0.3 is 35.7 Å². The molecule has 0 spiro atoms. The molecule has 27 heavy (non-hydrogen) atoms. The highest BCUT2D eigenvalue weighted by Gasteiger charge is 2.26. The molecular weight excluding hydrogens is 360 g/mol. The van der Waals surface area contributed by atoms with Gasteiger partial charge in [-0.2, -0.15) is 0 Å². The Morgan fingerprint density at radius 1 is 0.593 bits per heavy atom. The van der Waals surface area contributed by atoms with Crippen LogP contribution in [-0.2, 0) is 9.59 Å². The first-order valence-corrected chi connectivity index (χ1v) is 7.28. The number of aromatic hydroxyl groups is 3. The van der Waals surface area contributed by atoms with Crippen LogP contribution in [0.25, 0.3) is 11.1 Å². The van der Waals surface area contributed by atoms with Crippen LogP contribution in [0.15, 0.2) is 54.0 Å². The zero-order valence-corrected chi connectivity index (χ0v) is 13.5. The predicted octanol–water partition coefficient (Wildman–Crippen LogP) is 2.21. The normalized spacial score (nSPS) is 12.7. The van der Waals surface area contributed by atoms with Crippen molar-refractivity contribution in [2.75, 3.05) is 0 Å². The third kappa shape index (κ3) is 3.93. The smallest absolute Gasteiger partial charge is 0.340 e. The van der Waals surface area contributed by atoms with E-state index in [1.54, 1.807) is 0 Å². The number of carboxylic acid groups (broad SMARTS) is 2. The maximum absolute atomic E-state index is 11.5. The van der Waals surface area contributed by atoms with Crippen molar-refractivity contribution in [1.82, 2.24) is 0 Å². The molecule has 9 nitrogen and oxygen atoms in total. The molecule has 0 heterocycles. The van der Waals surface area contributed by atoms with Gasteiger partial charge >= 0.3 is 11.9 Å². The van der Waals surface area contributed by atoms with Crippen LogP contribution in [-0.4, -0.2) is 47.7 Å². The number of aliphatic carboxylic acids is 2. The highest BCUT2D eigenvalue weighted by atomic mass is 16.4. The van der Waals surface area contributed by atoms with Crippen molar-refractivity contribution in [3.8, 4) is 17.2 Å². The fourth-order valence-corrected chi connectivity index (χ4v) is 2.27. The Hall–Kier alpha value is -4.14. The average Bonchev–Trinajstić information content (AvgIpc) is 2.59. The molecule has 0 aliphatic heterocycles. The van der Waals surface area contributed by atoms with Crippen molar-refractivity contribution in [2.45, 2.75) is 0 Å². The van der Waals surface area contributed by atoms with Crippen LogP contribution >= 0.6 is 0 Å². The number of phenols is 3. The van der Waals surface area contributed by atoms with E-state index < -0.39 is 46.1 Å². The zero-order valence-electron chi connectivity index (χ0n) is 13.5. The van der Waals surface area contributed by atoms with Crippen molar-refractivity contribution in [3.05, 3.63) is 65.1 Å². The van der Waals surface area contributed by atoms with Crippen molar-refractivity contribution < 1.29 is 45.3 Å². The molecule has 2 rings (SSSR count). The number of aliphatic hydroxyl groups is 2. The fourth-order valence-electron chi connectivity index (χ4n) is 2.27. The van der Waals surface area contributed by atoms with E-state index in [0.717, 1.165) is 42.5 Å². The molecule has 0 bridgehead atoms. The second kappa shape index (κ2) is 7.40. The van der Waals surface area contributed by atoms with Gasteiger partial charge in [0.25, 0.3) is 0 Å². The topological polar surface area (TPSA) is 176 Å². The van der Waals surface area contributed by atoms with Gasteiger partial charge in [0.15, 0.2) is 23.0 Å². The van der Waals surface area contributed by atoms with Gasteiger partial charge in [-0.15, -0.1) is 0 Å². The molecule has 0 atom stereocenters. The van der Waals surface area contributed by atoms with Crippen LogP contribution < -0.4 is 0 Å². The van der Waals surface area contributed by atoms with E-state index in [-0.39, 0.29) is 16.9 Å². The third-order valence-electron chi connectivity index (χ3n) is 3.55. The highest BCUT2D eigenvalue weighted by Crippen LogP contribution is 2.32. The lowest BCUT2D eigenvalue weighted by Crippen LogP contribution is -2.10. The SMILES string of the molecule is O=C(O)C(=C(O)C(O)=C(C(=O)O)c1ccc(O)c(O)c1)c1ccc(O)cc1. The van der Waals surface area contributed by atoms with E-state index in [1.165, 1.54) is 0 Å². The Labute approximate surface area is 151 Å². The van der Waals surface area contributed by atoms with Gasteiger partial charge in [0.1, 0.15) is 16.9 Å². The summed E-state index contributed by atoms with van der Waals surface area (Å²) in [4.78, 5) is 23.1. The lowest BCUT2D eigenvalue weighted by molar-refractivity contribution is -0.131. The summed E-state index contributed by atoms with van der Waals surface area (Å²) in [5.41, 5.74) is -2.12. The molecule has 0 aromatic heterocycles. The number of aliphatic hydroxyl groups excluding tert-OH is 2. The van der Waals surface area contributed by atoms with E-state index >= 15 is 0 Å². The van der Waals surface area contributed by atoms with Gasteiger partial charge in [0.05, 0.1) is 0 Å². The van der Waals surface area contributed by atoms with Crippen LogP contribution in [0, 0.1) is 0 Å². The van der Waals surface area contributed by atoms with Crippen molar-refractivity contribution >= 4 is 23.1 Å². The van der Waals surface area contributed by atoms with Crippen LogP contribution in [0.5, 0.6) is 17.2 Å². The summed E-state index contributed by atoms with van der Waals surface area (Å²) >= 11 is 0. The minimum atomic E-state index is -1.72. The van der Waals surface area contributed by atoms with Crippen LogP contribution in [0.3, 0.4) is 0 Å². The first-order chi connectivity index (χ1) is 12.6. The number of rotatable bonds is 5. The Bertz CT molecular complexity index is 969. The second-order valence-corrected chi connectivity index (χ2v) is 5.31. The molecule has 0 aliphatic rings. The third-order valence-corrected chi connectivity index (χ3v) is 3.55. The maximum Gasteiger partial charge on any atom is 0.340 e. The second-order valence-electron chi connectivity index (χ2n) is 5.31. The molecule has 0 saturated heterocycles. The van der Waals surface area contributed by atoms with E-state index in [1.807, 2.05) is 0 Å². The molecule has 0 aliphatic carbocycles. The van der Waals surface area contributed by atoms with Crippen LogP contribution in [0.2, 0.25) is 0 Å². The molecule has 0 radical (unpaired) electrons. The largest absolute Gasteiger partial charge is 0.508 e. The Morgan fingerprint density at radius 2 is 1.04 bits per heavy atom. The minimum absolute atomic E-state index is 0.109. The zero-order chi connectivity index (χ0) is 20.3. The highest BCUT2D eigenvalue weighted by molar-refractivity contribution is 6.20. The van der Waals surface area contributed by atoms with Gasteiger partial charge in [-0.3, -0.25) is 0 Å². The standard InChI is InChI=1S/C18H14O9/c19-10-4-1-8(2-5-10)13(17(24)25)15(22)16(23)14(18(26)27)9-3-6-11(20)12(21)7-9/h1-7,19-23H,(H,24,25)(H,26,27). The Kier molecular flexibility index (Phi) is 5.26. The number of carboxylic acids is 2. The van der Waals surface area contributed by atoms with Crippen molar-refractivity contribution in [1.29, 1.82) is 0 Å². The van der Waals surface area contributed by atoms with Gasteiger partial charge in [0.2, 0.25) is 0 Å². The summed E-state index contributed by atoms with van der Waals surface area (Å²) in [6.45, 7) is 0. The molecule has 0 fully saturated rings. The summed E-state index contributed by atoms with van der Waals surface area (Å²) < 4.78 is 0. The molecule has 2 aromatic carbocycles. The maximum atomic E-state index is 11.5. The van der Waals surface area contributed by atoms with Crippen LogP contribution in [0.4, 0.5) is 0 Å². The predicted molar refractivity (Wildman–Crippen MR) is 92.2 cm³/mol. The van der Waals surface area contributed by atoms with Crippen LogP contribution in [0.1, 0.15) is 11.1 Å². The fraction of sp³-hybridized carbons (Fsp3) is 0. The molecule has 0 saturated carbocycles. The van der Waals surface area contributed by atoms with Gasteiger partial charge in [-0.25, -0.2) is 9.59 Å². The van der Waals surface area contributed by atoms with E-state index in [9.17, 15) is 45.3 Å². The monoisotopic (exact) mass is 374 g/mol. The number of hydrogen-bond donors (Lipinski definition) is 7. The quantitative estimate of drug-likeness (QED) is 0.179. The lowest BCUT2D eigenvalue weighted by Gasteiger charge is -2.11. The molecule has 2 aromatic rings. The molecule has 140 valence electrons. The first-order valence-electron chi connectivity index (χ1n) is 7.28. The van der Waals surface area contributed by atoms with Gasteiger partial charge in [-0.05, 0) is 35.4 Å². The first kappa shape index (κ1) is 19.2. The van der Waals surface area contributed by atoms with Gasteiger partial charge in [0, 0.05) is 0 Å². The number of phenolic OH excluding ortho intramolecular Hbond substituents is 3. The molecule has 7 N–H and O–H groups in total. The summed E-state index contributed by atoms with van der Waals surface area (Å²) in [6, 6.07) is 7.40. The molecule has 0 amide bonds. The molecular formula is C18H14O9. The Morgan fingerprint density at radius 3 is 1.48 bits per heavy atom. The Balaban J connectivity index is 2.75.